The van der Waals surface area contributed by atoms with Crippen LogP contribution in [0.4, 0.5) is 22.0 Å². The Labute approximate surface area is 260 Å². The first-order valence-electron chi connectivity index (χ1n) is 16.8. The van der Waals surface area contributed by atoms with Crippen LogP contribution in [0.2, 0.25) is 0 Å². The van der Waals surface area contributed by atoms with Crippen LogP contribution in [0.1, 0.15) is 133 Å². The third kappa shape index (κ3) is 9.68. The number of methoxy groups -OCH3 is 1. The zero-order chi connectivity index (χ0) is 31.9. The number of hydrogen-bond donors (Lipinski definition) is 0. The lowest BCUT2D eigenvalue weighted by Gasteiger charge is -2.23. The van der Waals surface area contributed by atoms with Crippen molar-refractivity contribution >= 4 is 5.71 Å². The van der Waals surface area contributed by atoms with E-state index in [1.165, 1.54) is 57.8 Å². The maximum atomic E-state index is 14.7. The standard InChI is InChI=1S/C36H51F5NO2/c1-4-6-8-10-12-13-14-15-17-19-29-26-20-21-30(43-3)36(44-24-18-16-11-9-7-5-2)27(26)22-23-42(29)25-28-31(37)33(39)35(41)34(40)32(28)38/h20-21H,4-19,22-25H2,1-3H3/q+1. The van der Waals surface area contributed by atoms with Gasteiger partial charge in [0.05, 0.1) is 19.3 Å². The molecule has 246 valence electrons. The summed E-state index contributed by atoms with van der Waals surface area (Å²) >= 11 is 0. The summed E-state index contributed by atoms with van der Waals surface area (Å²) in [4.78, 5) is 0. The fraction of sp³-hybridized carbons (Fsp3) is 0.639. The van der Waals surface area contributed by atoms with Crippen LogP contribution in [0.3, 0.4) is 0 Å². The molecule has 1 aliphatic heterocycles. The van der Waals surface area contributed by atoms with E-state index in [-0.39, 0.29) is 0 Å². The van der Waals surface area contributed by atoms with Crippen molar-refractivity contribution in [1.82, 2.24) is 0 Å². The number of fused-ring (bicyclic) bond motifs is 1. The number of rotatable bonds is 21. The Morgan fingerprint density at radius 1 is 0.659 bits per heavy atom. The molecule has 0 N–H and O–H groups in total. The average molecular weight is 625 g/mol. The molecule has 2 aromatic rings. The minimum atomic E-state index is -2.13. The lowest BCUT2D eigenvalue weighted by molar-refractivity contribution is -0.546. The molecule has 1 heterocycles. The van der Waals surface area contributed by atoms with Gasteiger partial charge in [-0.1, -0.05) is 97.3 Å². The van der Waals surface area contributed by atoms with Crippen molar-refractivity contribution in [2.24, 2.45) is 0 Å². The fourth-order valence-electron chi connectivity index (χ4n) is 6.10. The number of unbranched alkanes of at least 4 members (excludes halogenated alkanes) is 13. The summed E-state index contributed by atoms with van der Waals surface area (Å²) in [5.74, 6) is -8.19. The van der Waals surface area contributed by atoms with Crippen molar-refractivity contribution in [1.29, 1.82) is 0 Å². The maximum absolute atomic E-state index is 14.7. The summed E-state index contributed by atoms with van der Waals surface area (Å²) < 4.78 is 85.0. The highest BCUT2D eigenvalue weighted by atomic mass is 19.2. The van der Waals surface area contributed by atoms with E-state index >= 15 is 0 Å². The molecule has 0 unspecified atom stereocenters. The molecule has 8 heteroatoms. The minimum absolute atomic E-state index is 0.361. The van der Waals surface area contributed by atoms with Gasteiger partial charge in [-0.3, -0.25) is 0 Å². The average Bonchev–Trinajstić information content (AvgIpc) is 3.03. The van der Waals surface area contributed by atoms with E-state index in [0.717, 1.165) is 55.4 Å². The molecule has 3 rings (SSSR count). The SMILES string of the molecule is CCCCCCCCCCCC1=[N+](Cc2c(F)c(F)c(F)c(F)c2F)CCc2c1ccc(OC)c2OCCCCCCCC. The fourth-order valence-corrected chi connectivity index (χ4v) is 6.10. The maximum Gasteiger partial charge on any atom is 0.200 e. The zero-order valence-corrected chi connectivity index (χ0v) is 27.0. The smallest absolute Gasteiger partial charge is 0.200 e. The van der Waals surface area contributed by atoms with Crippen molar-refractivity contribution in [2.75, 3.05) is 20.3 Å². The Balaban J connectivity index is 1.85. The van der Waals surface area contributed by atoms with Crippen LogP contribution in [0.5, 0.6) is 11.5 Å². The third-order valence-electron chi connectivity index (χ3n) is 8.68. The molecule has 0 aliphatic carbocycles. The molecule has 0 amide bonds. The Morgan fingerprint density at radius 2 is 1.18 bits per heavy atom. The van der Waals surface area contributed by atoms with E-state index in [4.69, 9.17) is 9.47 Å². The highest BCUT2D eigenvalue weighted by Crippen LogP contribution is 2.37. The van der Waals surface area contributed by atoms with Crippen LogP contribution in [-0.2, 0) is 13.0 Å². The van der Waals surface area contributed by atoms with Gasteiger partial charge in [0.25, 0.3) is 0 Å². The molecule has 0 saturated heterocycles. The summed E-state index contributed by atoms with van der Waals surface area (Å²) in [6.07, 6.45) is 18.3. The van der Waals surface area contributed by atoms with E-state index in [1.807, 2.05) is 12.1 Å². The Bertz CT molecular complexity index is 1200. The lowest BCUT2D eigenvalue weighted by Crippen LogP contribution is -2.31. The highest BCUT2D eigenvalue weighted by molar-refractivity contribution is 5.99. The molecule has 44 heavy (non-hydrogen) atoms. The van der Waals surface area contributed by atoms with Crippen molar-refractivity contribution < 1.29 is 36.0 Å². The van der Waals surface area contributed by atoms with Gasteiger partial charge in [0.2, 0.25) is 5.82 Å². The van der Waals surface area contributed by atoms with Gasteiger partial charge in [-0.15, -0.1) is 0 Å². The number of nitrogens with zero attached hydrogens (tertiary/aromatic N) is 1. The van der Waals surface area contributed by atoms with Crippen molar-refractivity contribution in [3.8, 4) is 11.5 Å². The molecule has 3 nitrogen and oxygen atoms in total. The van der Waals surface area contributed by atoms with Crippen LogP contribution in [0.15, 0.2) is 12.1 Å². The second-order valence-corrected chi connectivity index (χ2v) is 12.0. The first kappa shape index (κ1) is 35.8. The number of benzene rings is 2. The van der Waals surface area contributed by atoms with Crippen molar-refractivity contribution in [3.63, 3.8) is 0 Å². The largest absolute Gasteiger partial charge is 0.493 e. The monoisotopic (exact) mass is 624 g/mol. The Morgan fingerprint density at radius 3 is 1.75 bits per heavy atom. The zero-order valence-electron chi connectivity index (χ0n) is 27.0. The summed E-state index contributed by atoms with van der Waals surface area (Å²) in [7, 11) is 1.60. The first-order valence-corrected chi connectivity index (χ1v) is 16.8. The van der Waals surface area contributed by atoms with Crippen LogP contribution in [0, 0.1) is 29.1 Å². The van der Waals surface area contributed by atoms with Crippen LogP contribution in [-0.4, -0.2) is 30.5 Å². The molecule has 0 aromatic heterocycles. The van der Waals surface area contributed by atoms with Gasteiger partial charge in [0.1, 0.15) is 6.54 Å². The van der Waals surface area contributed by atoms with Gasteiger partial charge < -0.3 is 9.47 Å². The molecule has 0 atom stereocenters. The minimum Gasteiger partial charge on any atom is -0.493 e. The van der Waals surface area contributed by atoms with E-state index in [9.17, 15) is 22.0 Å². The van der Waals surface area contributed by atoms with Crippen molar-refractivity contribution in [3.05, 3.63) is 57.9 Å². The van der Waals surface area contributed by atoms with Crippen LogP contribution < -0.4 is 9.47 Å². The van der Waals surface area contributed by atoms with Gasteiger partial charge in [0, 0.05) is 24.0 Å². The molecule has 0 fully saturated rings. The molecule has 0 spiro atoms. The van der Waals surface area contributed by atoms with E-state index < -0.39 is 41.2 Å². The third-order valence-corrected chi connectivity index (χ3v) is 8.68. The lowest BCUT2D eigenvalue weighted by atomic mass is 9.91. The van der Waals surface area contributed by atoms with Crippen LogP contribution >= 0.6 is 0 Å². The van der Waals surface area contributed by atoms with E-state index in [1.54, 1.807) is 11.7 Å². The topological polar surface area (TPSA) is 21.5 Å². The van der Waals surface area contributed by atoms with Gasteiger partial charge in [-0.25, -0.2) is 26.5 Å². The Hall–Kier alpha value is -2.64. The highest BCUT2D eigenvalue weighted by Gasteiger charge is 2.33. The molecular formula is C36H51F5NO2+. The number of hydrogen-bond acceptors (Lipinski definition) is 2. The number of halogens is 5. The molecule has 0 radical (unpaired) electrons. The predicted molar refractivity (Wildman–Crippen MR) is 167 cm³/mol. The van der Waals surface area contributed by atoms with Gasteiger partial charge in [-0.2, -0.15) is 0 Å². The van der Waals surface area contributed by atoms with Gasteiger partial charge in [-0.05, 0) is 25.0 Å². The molecule has 0 saturated carbocycles. The molecule has 0 bridgehead atoms. The summed E-state index contributed by atoms with van der Waals surface area (Å²) in [5, 5.41) is 0. The number of ether oxygens (including phenoxy) is 2. The van der Waals surface area contributed by atoms with Crippen LogP contribution in [0.25, 0.3) is 0 Å². The Kier molecular flexibility index (Phi) is 15.5. The normalized spacial score (nSPS) is 13.0. The van der Waals surface area contributed by atoms with E-state index in [2.05, 4.69) is 13.8 Å². The van der Waals surface area contributed by atoms with Gasteiger partial charge >= 0.3 is 0 Å². The predicted octanol–water partition coefficient (Wildman–Crippen LogP) is 10.6. The second kappa shape index (κ2) is 19.0. The molecule has 2 aromatic carbocycles. The molecule has 1 aliphatic rings. The quantitative estimate of drug-likeness (QED) is 0.0453. The summed E-state index contributed by atoms with van der Waals surface area (Å²) in [6, 6.07) is 3.77. The molecular weight excluding hydrogens is 573 g/mol. The van der Waals surface area contributed by atoms with E-state index in [0.29, 0.717) is 37.5 Å². The van der Waals surface area contributed by atoms with Crippen molar-refractivity contribution in [2.45, 2.75) is 130 Å². The first-order chi connectivity index (χ1) is 21.3. The summed E-state index contributed by atoms with van der Waals surface area (Å²) in [5.41, 5.74) is 1.89. The van der Waals surface area contributed by atoms with Gasteiger partial charge in [0.15, 0.2) is 47.0 Å². The summed E-state index contributed by atoms with van der Waals surface area (Å²) in [6.45, 7) is 4.91. The second-order valence-electron chi connectivity index (χ2n) is 12.0.